The van der Waals surface area contributed by atoms with Crippen LogP contribution >= 0.6 is 15.9 Å². The lowest BCUT2D eigenvalue weighted by Crippen LogP contribution is -2.36. The van der Waals surface area contributed by atoms with Gasteiger partial charge in [0.1, 0.15) is 0 Å². The first-order valence-corrected chi connectivity index (χ1v) is 8.11. The third kappa shape index (κ3) is 4.76. The van der Waals surface area contributed by atoms with E-state index in [1.54, 1.807) is 0 Å². The number of halogens is 1. The Morgan fingerprint density at radius 2 is 2.05 bits per heavy atom. The molecule has 0 amide bonds. The van der Waals surface area contributed by atoms with Gasteiger partial charge in [-0.2, -0.15) is 0 Å². The van der Waals surface area contributed by atoms with Gasteiger partial charge < -0.3 is 15.0 Å². The highest BCUT2D eigenvalue weighted by Crippen LogP contribution is 2.26. The predicted octanol–water partition coefficient (Wildman–Crippen LogP) is 3.56. The first kappa shape index (κ1) is 15.8. The van der Waals surface area contributed by atoms with Gasteiger partial charge in [0.2, 0.25) is 0 Å². The molecule has 3 nitrogen and oxygen atoms in total. The van der Waals surface area contributed by atoms with Gasteiger partial charge in [0, 0.05) is 41.9 Å². The second-order valence-corrected chi connectivity index (χ2v) is 7.25. The molecule has 4 heteroatoms. The first-order chi connectivity index (χ1) is 9.46. The summed E-state index contributed by atoms with van der Waals surface area (Å²) in [6.07, 6.45) is 1.10. The molecule has 112 valence electrons. The Balaban J connectivity index is 2.18. The lowest BCUT2D eigenvalue weighted by atomic mass is 10.1. The molecule has 20 heavy (non-hydrogen) atoms. The van der Waals surface area contributed by atoms with E-state index >= 15 is 0 Å². The van der Waals surface area contributed by atoms with Gasteiger partial charge in [0.25, 0.3) is 0 Å². The van der Waals surface area contributed by atoms with Crippen LogP contribution < -0.4 is 10.2 Å². The van der Waals surface area contributed by atoms with E-state index in [-0.39, 0.29) is 5.54 Å². The summed E-state index contributed by atoms with van der Waals surface area (Å²) >= 11 is 3.59. The van der Waals surface area contributed by atoms with Gasteiger partial charge in [0.05, 0.1) is 6.61 Å². The van der Waals surface area contributed by atoms with Crippen molar-refractivity contribution in [1.29, 1.82) is 0 Å². The van der Waals surface area contributed by atoms with Gasteiger partial charge >= 0.3 is 0 Å². The molecule has 1 aliphatic heterocycles. The quantitative estimate of drug-likeness (QED) is 0.910. The van der Waals surface area contributed by atoms with E-state index in [9.17, 15) is 0 Å². The van der Waals surface area contributed by atoms with Crippen LogP contribution in [0.25, 0.3) is 0 Å². The molecule has 0 aromatic heterocycles. The molecule has 0 atom stereocenters. The summed E-state index contributed by atoms with van der Waals surface area (Å²) in [7, 11) is 0. The summed E-state index contributed by atoms with van der Waals surface area (Å²) in [6.45, 7) is 11.2. The maximum atomic E-state index is 5.56. The Morgan fingerprint density at radius 1 is 1.25 bits per heavy atom. The second kappa shape index (κ2) is 6.92. The first-order valence-electron chi connectivity index (χ1n) is 7.32. The number of ether oxygens (including phenoxy) is 1. The number of anilines is 1. The summed E-state index contributed by atoms with van der Waals surface area (Å²) in [5.41, 5.74) is 2.80. The van der Waals surface area contributed by atoms with Crippen molar-refractivity contribution >= 4 is 21.6 Å². The van der Waals surface area contributed by atoms with Crippen LogP contribution in [0.5, 0.6) is 0 Å². The van der Waals surface area contributed by atoms with Crippen molar-refractivity contribution in [3.63, 3.8) is 0 Å². The lowest BCUT2D eigenvalue weighted by molar-refractivity contribution is 0.152. The molecule has 0 bridgehead atoms. The number of hydrogen-bond donors (Lipinski definition) is 1. The van der Waals surface area contributed by atoms with Crippen molar-refractivity contribution in [1.82, 2.24) is 5.32 Å². The molecule has 1 aliphatic rings. The fourth-order valence-corrected chi connectivity index (χ4v) is 2.76. The minimum atomic E-state index is 0.126. The van der Waals surface area contributed by atoms with E-state index < -0.39 is 0 Å². The van der Waals surface area contributed by atoms with Gasteiger partial charge in [-0.1, -0.05) is 15.9 Å². The van der Waals surface area contributed by atoms with Gasteiger partial charge in [-0.25, -0.2) is 0 Å². The van der Waals surface area contributed by atoms with Crippen LogP contribution in [0.1, 0.15) is 32.8 Å². The molecule has 1 N–H and O–H groups in total. The van der Waals surface area contributed by atoms with Gasteiger partial charge in [-0.3, -0.25) is 0 Å². The summed E-state index contributed by atoms with van der Waals surface area (Å²) < 4.78 is 6.69. The number of rotatable bonds is 3. The van der Waals surface area contributed by atoms with Crippen LogP contribution in [0, 0.1) is 0 Å². The highest BCUT2D eigenvalue weighted by atomic mass is 79.9. The highest BCUT2D eigenvalue weighted by molar-refractivity contribution is 9.10. The predicted molar refractivity (Wildman–Crippen MR) is 88.4 cm³/mol. The third-order valence-corrected chi connectivity index (χ3v) is 3.91. The number of nitrogens with zero attached hydrogens (tertiary/aromatic N) is 1. The summed E-state index contributed by atoms with van der Waals surface area (Å²) in [6, 6.07) is 6.57. The zero-order chi connectivity index (χ0) is 14.6. The van der Waals surface area contributed by atoms with E-state index in [1.807, 2.05) is 0 Å². The molecule has 1 heterocycles. The van der Waals surface area contributed by atoms with Crippen molar-refractivity contribution in [2.45, 2.75) is 39.3 Å². The molecular formula is C16H25BrN2O. The lowest BCUT2D eigenvalue weighted by Gasteiger charge is -2.27. The molecule has 1 aromatic rings. The third-order valence-electron chi connectivity index (χ3n) is 3.41. The zero-order valence-corrected chi connectivity index (χ0v) is 14.3. The fraction of sp³-hybridized carbons (Fsp3) is 0.625. The minimum Gasteiger partial charge on any atom is -0.380 e. The van der Waals surface area contributed by atoms with Crippen LogP contribution in [0.4, 0.5) is 5.69 Å². The van der Waals surface area contributed by atoms with Crippen molar-refractivity contribution < 1.29 is 4.74 Å². The van der Waals surface area contributed by atoms with Gasteiger partial charge in [-0.05, 0) is 51.0 Å². The summed E-state index contributed by atoms with van der Waals surface area (Å²) in [4.78, 5) is 2.44. The molecule has 0 radical (unpaired) electrons. The Hall–Kier alpha value is -0.580. The molecule has 0 saturated carbocycles. The van der Waals surface area contributed by atoms with Crippen molar-refractivity contribution in [3.05, 3.63) is 28.2 Å². The van der Waals surface area contributed by atoms with Crippen LogP contribution in [-0.2, 0) is 11.3 Å². The van der Waals surface area contributed by atoms with Crippen LogP contribution in [0.3, 0.4) is 0 Å². The number of nitrogens with one attached hydrogen (secondary N) is 1. The molecular weight excluding hydrogens is 316 g/mol. The average Bonchev–Trinajstić information content (AvgIpc) is 2.64. The van der Waals surface area contributed by atoms with Crippen molar-refractivity contribution in [3.8, 4) is 0 Å². The topological polar surface area (TPSA) is 24.5 Å². The Bertz CT molecular complexity index is 435. The SMILES string of the molecule is CC(C)(C)NCc1cc(Br)ccc1N1CCCOCC1. The van der Waals surface area contributed by atoms with Crippen LogP contribution in [0.2, 0.25) is 0 Å². The molecule has 0 spiro atoms. The highest BCUT2D eigenvalue weighted by Gasteiger charge is 2.16. The summed E-state index contributed by atoms with van der Waals surface area (Å²) in [5, 5.41) is 3.58. The summed E-state index contributed by atoms with van der Waals surface area (Å²) in [5.74, 6) is 0. The maximum Gasteiger partial charge on any atom is 0.0641 e. The molecule has 2 rings (SSSR count). The largest absolute Gasteiger partial charge is 0.380 e. The monoisotopic (exact) mass is 340 g/mol. The standard InChI is InChI=1S/C16H25BrN2O/c1-16(2,3)18-12-13-11-14(17)5-6-15(13)19-7-4-9-20-10-8-19/h5-6,11,18H,4,7-10,12H2,1-3H3. The number of hydrogen-bond acceptors (Lipinski definition) is 3. The van der Waals surface area contributed by atoms with E-state index in [2.05, 4.69) is 65.1 Å². The Labute approximate surface area is 130 Å². The average molecular weight is 341 g/mol. The van der Waals surface area contributed by atoms with Crippen LogP contribution in [-0.4, -0.2) is 31.8 Å². The fourth-order valence-electron chi connectivity index (χ4n) is 2.35. The zero-order valence-electron chi connectivity index (χ0n) is 12.7. The molecule has 1 fully saturated rings. The molecule has 1 aromatic carbocycles. The molecule has 1 saturated heterocycles. The second-order valence-electron chi connectivity index (χ2n) is 6.33. The van der Waals surface area contributed by atoms with Crippen molar-refractivity contribution in [2.75, 3.05) is 31.2 Å². The Morgan fingerprint density at radius 3 is 2.80 bits per heavy atom. The maximum absolute atomic E-state index is 5.56. The van der Waals surface area contributed by atoms with E-state index in [1.165, 1.54) is 11.3 Å². The van der Waals surface area contributed by atoms with Crippen LogP contribution in [0.15, 0.2) is 22.7 Å². The molecule has 0 unspecified atom stereocenters. The van der Waals surface area contributed by atoms with E-state index in [4.69, 9.17) is 4.74 Å². The molecule has 0 aliphatic carbocycles. The minimum absolute atomic E-state index is 0.126. The Kier molecular flexibility index (Phi) is 5.47. The van der Waals surface area contributed by atoms with E-state index in [0.717, 1.165) is 43.7 Å². The van der Waals surface area contributed by atoms with E-state index in [0.29, 0.717) is 0 Å². The smallest absolute Gasteiger partial charge is 0.0641 e. The number of benzene rings is 1. The van der Waals surface area contributed by atoms with Gasteiger partial charge in [0.15, 0.2) is 0 Å². The van der Waals surface area contributed by atoms with Gasteiger partial charge in [-0.15, -0.1) is 0 Å². The normalized spacial score (nSPS) is 17.1. The van der Waals surface area contributed by atoms with Crippen molar-refractivity contribution in [2.24, 2.45) is 0 Å².